The first kappa shape index (κ1) is 58.3. The van der Waals surface area contributed by atoms with Crippen molar-refractivity contribution < 1.29 is 60.2 Å². The van der Waals surface area contributed by atoms with Crippen LogP contribution in [0.1, 0.15) is 153 Å². The molecule has 0 saturated carbocycles. The number of rotatable bonds is 33. The van der Waals surface area contributed by atoms with Crippen molar-refractivity contribution in [3.05, 3.63) is 74.6 Å². The number of hydrogen-bond donors (Lipinski definition) is 5. The Balaban J connectivity index is 0.00000992. The van der Waals surface area contributed by atoms with Gasteiger partial charge in [-0.2, -0.15) is 4.31 Å². The van der Waals surface area contributed by atoms with E-state index in [1.165, 1.54) is 114 Å². The number of H-pyrrole nitrogens is 1. The largest absolute Gasteiger partial charge is 0.513 e. The average molecular weight is 955 g/mol. The zero-order valence-corrected chi connectivity index (χ0v) is 40.0. The molecule has 1 aromatic carbocycles. The van der Waals surface area contributed by atoms with Crippen molar-refractivity contribution in [1.29, 1.82) is 0 Å². The maximum Gasteiger partial charge on any atom is 0.513 e. The van der Waals surface area contributed by atoms with E-state index in [1.54, 1.807) is 0 Å². The van der Waals surface area contributed by atoms with Gasteiger partial charge in [0.25, 0.3) is 5.56 Å². The summed E-state index contributed by atoms with van der Waals surface area (Å²) in [5.74, 6) is 0.201. The van der Waals surface area contributed by atoms with Crippen LogP contribution in [0.2, 0.25) is 0 Å². The van der Waals surface area contributed by atoms with Gasteiger partial charge in [-0.05, 0) is 43.5 Å². The topological polar surface area (TPSA) is 298 Å². The van der Waals surface area contributed by atoms with Crippen LogP contribution in [0.3, 0.4) is 0 Å². The highest BCUT2D eigenvalue weighted by atomic mass is 31.3. The number of carbonyl (C=O) groups is 1. The SMILES string of the molecule is CCCCCCCCCCCCP(=O)(OCc1ccc(OC(=O)OCCCCCCCCCCC)cc1)OP(=O)(O)OP(=O)(O)OC[C@@H]1C=C[C@H](n2cc(C)c(=O)[nH]c2=O)O1.N.N. The van der Waals surface area contributed by atoms with Gasteiger partial charge in [0.05, 0.1) is 26.0 Å². The van der Waals surface area contributed by atoms with E-state index in [2.05, 4.69) is 23.1 Å². The zero-order chi connectivity index (χ0) is 44.6. The second-order valence-corrected chi connectivity index (χ2v) is 20.7. The van der Waals surface area contributed by atoms with Crippen molar-refractivity contribution in [3.63, 3.8) is 0 Å². The van der Waals surface area contributed by atoms with Crippen molar-refractivity contribution in [2.45, 2.75) is 162 Å². The molecule has 0 spiro atoms. The van der Waals surface area contributed by atoms with Crippen LogP contribution >= 0.6 is 23.2 Å². The van der Waals surface area contributed by atoms with Gasteiger partial charge >= 0.3 is 35.1 Å². The fourth-order valence-electron chi connectivity index (χ4n) is 6.45. The molecule has 362 valence electrons. The number of nitrogens with one attached hydrogen (secondary N) is 1. The maximum atomic E-state index is 13.9. The van der Waals surface area contributed by atoms with Gasteiger partial charge in [-0.3, -0.25) is 23.4 Å². The summed E-state index contributed by atoms with van der Waals surface area (Å²) in [5.41, 5.74) is -0.601. The summed E-state index contributed by atoms with van der Waals surface area (Å²) in [5, 5.41) is 0. The van der Waals surface area contributed by atoms with Gasteiger partial charge in [0, 0.05) is 11.8 Å². The van der Waals surface area contributed by atoms with Crippen LogP contribution < -0.4 is 28.3 Å². The number of aryl methyl sites for hydroxylation is 1. The Morgan fingerprint density at radius 1 is 0.730 bits per heavy atom. The van der Waals surface area contributed by atoms with E-state index in [9.17, 15) is 37.9 Å². The van der Waals surface area contributed by atoms with Crippen molar-refractivity contribution in [2.24, 2.45) is 0 Å². The molecule has 0 fully saturated rings. The van der Waals surface area contributed by atoms with Gasteiger partial charge < -0.3 is 40.8 Å². The Hall–Kier alpha value is -2.76. The first-order valence-electron chi connectivity index (χ1n) is 21.7. The molecule has 1 aromatic heterocycles. The molecular weight excluding hydrogens is 881 g/mol. The van der Waals surface area contributed by atoms with E-state index in [4.69, 9.17) is 27.6 Å². The van der Waals surface area contributed by atoms with E-state index in [0.29, 0.717) is 18.4 Å². The van der Waals surface area contributed by atoms with E-state index in [-0.39, 0.29) is 43.0 Å². The summed E-state index contributed by atoms with van der Waals surface area (Å²) < 4.78 is 77.0. The van der Waals surface area contributed by atoms with Gasteiger partial charge in [0.1, 0.15) is 11.9 Å². The minimum absolute atomic E-state index is 0. The molecule has 0 bridgehead atoms. The highest BCUT2D eigenvalue weighted by Gasteiger charge is 2.43. The first-order valence-corrected chi connectivity index (χ1v) is 26.4. The summed E-state index contributed by atoms with van der Waals surface area (Å²) in [6.07, 6.45) is 21.0. The van der Waals surface area contributed by atoms with Gasteiger partial charge in [-0.1, -0.05) is 141 Å². The number of benzene rings is 1. The molecule has 1 aliphatic rings. The number of carbonyl (C=O) groups excluding carboxylic acids is 1. The number of unbranched alkanes of at least 4 members (excludes halogenated alkanes) is 17. The lowest BCUT2D eigenvalue weighted by atomic mass is 10.1. The molecule has 0 radical (unpaired) electrons. The standard InChI is InChI=1S/C41H67N2O15P3.2H3N/c1-4-6-8-10-12-14-16-18-20-22-30-59(47,53-32-35-23-25-36(26-24-35)56-41(46)52-29-21-19-17-15-13-11-9-7-5-2)57-61(50,51)58-60(48,49)54-33-37-27-28-38(55-37)43-31-34(3)39(44)42-40(43)45;;/h23-28,31,37-38H,4-22,29-30,32-33H2,1-3H3,(H,48,49)(H,50,51)(H,42,44,45);2*1H3/t37-,38+,59?;;/m0../s1. The van der Waals surface area contributed by atoms with Gasteiger partial charge in [-0.25, -0.2) is 23.0 Å². The van der Waals surface area contributed by atoms with Crippen LogP contribution in [0.4, 0.5) is 4.79 Å². The summed E-state index contributed by atoms with van der Waals surface area (Å²) in [6, 6.07) is 6.05. The molecule has 5 atom stereocenters. The predicted molar refractivity (Wildman–Crippen MR) is 242 cm³/mol. The molecule has 9 N–H and O–H groups in total. The monoisotopic (exact) mass is 954 g/mol. The van der Waals surface area contributed by atoms with E-state index in [0.717, 1.165) is 49.5 Å². The first-order chi connectivity index (χ1) is 29.1. The minimum atomic E-state index is -5.56. The molecule has 0 amide bonds. The molecule has 0 saturated heterocycles. The molecule has 63 heavy (non-hydrogen) atoms. The van der Waals surface area contributed by atoms with Gasteiger partial charge in [0.2, 0.25) is 0 Å². The lowest BCUT2D eigenvalue weighted by molar-refractivity contribution is -0.0104. The maximum absolute atomic E-state index is 13.9. The minimum Gasteiger partial charge on any atom is -0.434 e. The van der Waals surface area contributed by atoms with Crippen LogP contribution in [-0.2, 0) is 47.4 Å². The molecule has 2 aromatic rings. The predicted octanol–water partition coefficient (Wildman–Crippen LogP) is 11.3. The quantitative estimate of drug-likeness (QED) is 0.0146. The summed E-state index contributed by atoms with van der Waals surface area (Å²) >= 11 is 0. The Morgan fingerprint density at radius 2 is 1.27 bits per heavy atom. The summed E-state index contributed by atoms with van der Waals surface area (Å²) in [4.78, 5) is 59.2. The van der Waals surface area contributed by atoms with Crippen molar-refractivity contribution in [1.82, 2.24) is 21.9 Å². The highest BCUT2D eigenvalue weighted by Crippen LogP contribution is 2.69. The molecule has 3 unspecified atom stereocenters. The van der Waals surface area contributed by atoms with Crippen LogP contribution in [0.15, 0.2) is 52.2 Å². The number of phosphoric acid groups is 2. The zero-order valence-electron chi connectivity index (χ0n) is 37.4. The van der Waals surface area contributed by atoms with Gasteiger partial charge in [0.15, 0.2) is 6.23 Å². The van der Waals surface area contributed by atoms with Crippen molar-refractivity contribution >= 4 is 29.4 Å². The second kappa shape index (κ2) is 31.2. The van der Waals surface area contributed by atoms with E-state index < -0.39 is 59.6 Å². The Labute approximate surface area is 371 Å². The smallest absolute Gasteiger partial charge is 0.434 e. The van der Waals surface area contributed by atoms with Crippen LogP contribution in [0, 0.1) is 6.92 Å². The number of hydrogen-bond acceptors (Lipinski definition) is 15. The fourth-order valence-corrected chi connectivity index (χ4v) is 11.3. The number of phosphoric ester groups is 1. The Morgan fingerprint density at radius 3 is 1.84 bits per heavy atom. The number of nitrogens with zero attached hydrogens (tertiary/aromatic N) is 1. The highest BCUT2D eigenvalue weighted by molar-refractivity contribution is 7.68. The Kier molecular flexibility index (Phi) is 28.9. The van der Waals surface area contributed by atoms with Crippen molar-refractivity contribution in [3.8, 4) is 5.75 Å². The van der Waals surface area contributed by atoms with Crippen LogP contribution in [0.25, 0.3) is 0 Å². The lowest BCUT2D eigenvalue weighted by Crippen LogP contribution is -2.33. The average Bonchev–Trinajstić information content (AvgIpc) is 3.68. The normalized spacial score (nSPS) is 17.5. The van der Waals surface area contributed by atoms with E-state index in [1.807, 2.05) is 0 Å². The number of aromatic nitrogens is 2. The van der Waals surface area contributed by atoms with Crippen LogP contribution in [0.5, 0.6) is 5.75 Å². The number of ether oxygens (including phenoxy) is 3. The fraction of sp³-hybridized carbons (Fsp3) is 0.683. The molecular formula is C41H73N4O15P3. The van der Waals surface area contributed by atoms with Gasteiger partial charge in [-0.15, -0.1) is 0 Å². The summed E-state index contributed by atoms with van der Waals surface area (Å²) in [7, 11) is -15.3. The lowest BCUT2D eigenvalue weighted by Gasteiger charge is -2.23. The second-order valence-electron chi connectivity index (χ2n) is 15.3. The third-order valence-electron chi connectivity index (χ3n) is 9.87. The number of aromatic amines is 1. The third-order valence-corrected chi connectivity index (χ3v) is 15.2. The molecule has 1 aliphatic heterocycles. The molecule has 3 rings (SSSR count). The molecule has 19 nitrogen and oxygen atoms in total. The molecule has 2 heterocycles. The van der Waals surface area contributed by atoms with Crippen LogP contribution in [-0.4, -0.2) is 51.0 Å². The summed E-state index contributed by atoms with van der Waals surface area (Å²) in [6.45, 7) is 5.11. The molecule has 0 aliphatic carbocycles. The third kappa shape index (κ3) is 24.4. The van der Waals surface area contributed by atoms with E-state index >= 15 is 0 Å². The Bertz CT molecular complexity index is 1890. The molecule has 22 heteroatoms. The van der Waals surface area contributed by atoms with Crippen molar-refractivity contribution in [2.75, 3.05) is 19.4 Å².